The first kappa shape index (κ1) is 28.9. The minimum Gasteiger partial charge on any atom is -0.310 e. The molecule has 0 spiro atoms. The number of halogens is 1. The highest BCUT2D eigenvalue weighted by Gasteiger charge is 2.13. The van der Waals surface area contributed by atoms with E-state index in [2.05, 4.69) is 155 Å². The molecule has 0 saturated carbocycles. The SMILES string of the molecule is Cc1ccc(N(c2ccccc2)c2ccc(/C=C/c3ccc(/C=N/N(c4ccccc4)c4ccccc4)cc3)c(Br)c2)cc1. The van der Waals surface area contributed by atoms with E-state index in [1.165, 1.54) is 5.56 Å². The molecular weight excluding hydrogens is 602 g/mol. The lowest BCUT2D eigenvalue weighted by atomic mass is 10.1. The van der Waals surface area contributed by atoms with E-state index in [0.717, 1.165) is 49.6 Å². The van der Waals surface area contributed by atoms with Gasteiger partial charge in [-0.2, -0.15) is 5.10 Å². The van der Waals surface area contributed by atoms with Gasteiger partial charge >= 0.3 is 0 Å². The van der Waals surface area contributed by atoms with Crippen LogP contribution in [0, 0.1) is 6.92 Å². The Labute approximate surface area is 268 Å². The van der Waals surface area contributed by atoms with Crippen LogP contribution in [0.3, 0.4) is 0 Å². The summed E-state index contributed by atoms with van der Waals surface area (Å²) in [5.74, 6) is 0. The molecule has 44 heavy (non-hydrogen) atoms. The van der Waals surface area contributed by atoms with E-state index in [9.17, 15) is 0 Å². The number of nitrogens with zero attached hydrogens (tertiary/aromatic N) is 3. The predicted molar refractivity (Wildman–Crippen MR) is 192 cm³/mol. The van der Waals surface area contributed by atoms with Gasteiger partial charge in [0.1, 0.15) is 0 Å². The van der Waals surface area contributed by atoms with Crippen molar-refractivity contribution in [2.75, 3.05) is 9.91 Å². The lowest BCUT2D eigenvalue weighted by Gasteiger charge is -2.26. The van der Waals surface area contributed by atoms with Crippen LogP contribution < -0.4 is 9.91 Å². The fourth-order valence-electron chi connectivity index (χ4n) is 4.93. The number of rotatable bonds is 9. The minimum atomic E-state index is 1.01. The van der Waals surface area contributed by atoms with Crippen LogP contribution in [0.4, 0.5) is 28.4 Å². The van der Waals surface area contributed by atoms with E-state index in [0.29, 0.717) is 0 Å². The van der Waals surface area contributed by atoms with E-state index in [4.69, 9.17) is 5.10 Å². The Morgan fingerprint density at radius 1 is 0.500 bits per heavy atom. The second-order valence-corrected chi connectivity index (χ2v) is 11.3. The van der Waals surface area contributed by atoms with E-state index < -0.39 is 0 Å². The highest BCUT2D eigenvalue weighted by molar-refractivity contribution is 9.10. The van der Waals surface area contributed by atoms with Gasteiger partial charge < -0.3 is 4.90 Å². The summed E-state index contributed by atoms with van der Waals surface area (Å²) >= 11 is 3.83. The van der Waals surface area contributed by atoms with E-state index in [1.54, 1.807) is 0 Å². The van der Waals surface area contributed by atoms with E-state index >= 15 is 0 Å². The Hall–Kier alpha value is -5.19. The van der Waals surface area contributed by atoms with Crippen molar-refractivity contribution < 1.29 is 0 Å². The first-order valence-electron chi connectivity index (χ1n) is 14.6. The normalized spacial score (nSPS) is 11.2. The Morgan fingerprint density at radius 2 is 1.00 bits per heavy atom. The van der Waals surface area contributed by atoms with Gasteiger partial charge in [-0.15, -0.1) is 0 Å². The van der Waals surface area contributed by atoms with Crippen molar-refractivity contribution in [2.24, 2.45) is 5.10 Å². The molecule has 4 heteroatoms. The first-order valence-corrected chi connectivity index (χ1v) is 15.4. The van der Waals surface area contributed by atoms with Gasteiger partial charge in [0.25, 0.3) is 0 Å². The molecule has 0 saturated heterocycles. The largest absolute Gasteiger partial charge is 0.310 e. The smallest absolute Gasteiger partial charge is 0.0652 e. The topological polar surface area (TPSA) is 18.8 Å². The van der Waals surface area contributed by atoms with Crippen molar-refractivity contribution in [1.29, 1.82) is 0 Å². The third-order valence-electron chi connectivity index (χ3n) is 7.26. The molecule has 0 radical (unpaired) electrons. The van der Waals surface area contributed by atoms with Crippen molar-refractivity contribution in [3.63, 3.8) is 0 Å². The summed E-state index contributed by atoms with van der Waals surface area (Å²) in [5, 5.41) is 6.77. The molecule has 6 aromatic carbocycles. The number of hydrogen-bond acceptors (Lipinski definition) is 3. The zero-order chi connectivity index (χ0) is 30.1. The molecule has 0 N–H and O–H groups in total. The Bertz CT molecular complexity index is 1810. The van der Waals surface area contributed by atoms with Crippen LogP contribution >= 0.6 is 15.9 Å². The summed E-state index contributed by atoms with van der Waals surface area (Å²) in [6, 6.07) is 54.4. The van der Waals surface area contributed by atoms with Crippen LogP contribution in [0.25, 0.3) is 12.2 Å². The maximum absolute atomic E-state index is 4.82. The second-order valence-electron chi connectivity index (χ2n) is 10.4. The Balaban J connectivity index is 1.19. The average molecular weight is 635 g/mol. The summed E-state index contributed by atoms with van der Waals surface area (Å²) in [7, 11) is 0. The van der Waals surface area contributed by atoms with Crippen LogP contribution in [0.2, 0.25) is 0 Å². The number of benzene rings is 6. The molecule has 6 rings (SSSR count). The highest BCUT2D eigenvalue weighted by Crippen LogP contribution is 2.37. The maximum Gasteiger partial charge on any atom is 0.0652 e. The molecule has 0 aliphatic carbocycles. The quantitative estimate of drug-likeness (QED) is 0.0895. The third-order valence-corrected chi connectivity index (χ3v) is 7.95. The van der Waals surface area contributed by atoms with E-state index in [-0.39, 0.29) is 0 Å². The average Bonchev–Trinajstić information content (AvgIpc) is 3.07. The molecule has 0 aromatic heterocycles. The zero-order valence-corrected chi connectivity index (χ0v) is 26.0. The lowest BCUT2D eigenvalue weighted by molar-refractivity contribution is 1.09. The Morgan fingerprint density at radius 3 is 1.57 bits per heavy atom. The van der Waals surface area contributed by atoms with Gasteiger partial charge in [0.05, 0.1) is 17.6 Å². The fraction of sp³-hybridized carbons (Fsp3) is 0.0250. The molecule has 0 unspecified atom stereocenters. The third kappa shape index (κ3) is 7.05. The molecule has 214 valence electrons. The number of aryl methyl sites for hydroxylation is 1. The van der Waals surface area contributed by atoms with Gasteiger partial charge in [0, 0.05) is 21.5 Å². The Kier molecular flexibility index (Phi) is 9.10. The summed E-state index contributed by atoms with van der Waals surface area (Å²) in [6.07, 6.45) is 6.17. The van der Waals surface area contributed by atoms with Crippen molar-refractivity contribution in [1.82, 2.24) is 0 Å². The van der Waals surface area contributed by atoms with Gasteiger partial charge in [-0.3, -0.25) is 0 Å². The minimum absolute atomic E-state index is 1.01. The lowest BCUT2D eigenvalue weighted by Crippen LogP contribution is -2.09. The molecule has 0 bridgehead atoms. The molecule has 0 fully saturated rings. The van der Waals surface area contributed by atoms with Gasteiger partial charge in [-0.05, 0) is 84.3 Å². The van der Waals surface area contributed by atoms with Gasteiger partial charge in [-0.1, -0.05) is 131 Å². The van der Waals surface area contributed by atoms with E-state index in [1.807, 2.05) is 53.7 Å². The summed E-state index contributed by atoms with van der Waals surface area (Å²) in [5.41, 5.74) is 9.85. The molecule has 0 atom stereocenters. The molecule has 0 amide bonds. The van der Waals surface area contributed by atoms with Gasteiger partial charge in [0.15, 0.2) is 0 Å². The molecular formula is C40H32BrN3. The first-order chi connectivity index (χ1) is 21.6. The van der Waals surface area contributed by atoms with Crippen LogP contribution in [0.1, 0.15) is 22.3 Å². The van der Waals surface area contributed by atoms with Crippen LogP contribution in [-0.4, -0.2) is 6.21 Å². The van der Waals surface area contributed by atoms with Crippen LogP contribution in [0.15, 0.2) is 167 Å². The van der Waals surface area contributed by atoms with Crippen molar-refractivity contribution in [2.45, 2.75) is 6.92 Å². The molecule has 0 heterocycles. The standard InChI is InChI=1S/C40H32BrN3/c1-31-17-26-36(27-18-31)43(35-11-5-2-6-12-35)39-28-25-34(40(41)29-39)24-23-32-19-21-33(22-20-32)30-42-44(37-13-7-3-8-14-37)38-15-9-4-10-16-38/h2-30H,1H3/b24-23+,42-30+. The van der Waals surface area contributed by atoms with Gasteiger partial charge in [0.2, 0.25) is 0 Å². The molecule has 3 nitrogen and oxygen atoms in total. The zero-order valence-electron chi connectivity index (χ0n) is 24.5. The summed E-state index contributed by atoms with van der Waals surface area (Å²) < 4.78 is 1.03. The molecule has 6 aromatic rings. The van der Waals surface area contributed by atoms with Crippen LogP contribution in [-0.2, 0) is 0 Å². The van der Waals surface area contributed by atoms with Gasteiger partial charge in [-0.25, -0.2) is 5.01 Å². The summed E-state index contributed by atoms with van der Waals surface area (Å²) in [4.78, 5) is 2.27. The number of hydrogen-bond donors (Lipinski definition) is 0. The van der Waals surface area contributed by atoms with Crippen molar-refractivity contribution >= 4 is 62.7 Å². The fourth-order valence-corrected chi connectivity index (χ4v) is 5.43. The monoisotopic (exact) mass is 633 g/mol. The maximum atomic E-state index is 4.82. The second kappa shape index (κ2) is 13.9. The molecule has 0 aliphatic rings. The van der Waals surface area contributed by atoms with Crippen LogP contribution in [0.5, 0.6) is 0 Å². The van der Waals surface area contributed by atoms with Crippen molar-refractivity contribution in [3.8, 4) is 0 Å². The number of para-hydroxylation sites is 3. The number of anilines is 5. The number of hydrazone groups is 1. The molecule has 0 aliphatic heterocycles. The predicted octanol–water partition coefficient (Wildman–Crippen LogP) is 11.6. The highest BCUT2D eigenvalue weighted by atomic mass is 79.9. The summed E-state index contributed by atoms with van der Waals surface area (Å²) in [6.45, 7) is 2.11. The van der Waals surface area contributed by atoms with Crippen molar-refractivity contribution in [3.05, 3.63) is 184 Å².